The van der Waals surface area contributed by atoms with Crippen molar-refractivity contribution in [3.05, 3.63) is 182 Å². The Morgan fingerprint density at radius 2 is 1.16 bits per heavy atom. The zero-order valence-corrected chi connectivity index (χ0v) is 33.6. The van der Waals surface area contributed by atoms with Crippen LogP contribution in [0.5, 0.6) is 0 Å². The summed E-state index contributed by atoms with van der Waals surface area (Å²) in [6.07, 6.45) is 0. The van der Waals surface area contributed by atoms with Crippen molar-refractivity contribution in [2.45, 2.75) is 0 Å². The minimum Gasteiger partial charge on any atom is -0.455 e. The Morgan fingerprint density at radius 1 is 0.473 bits per heavy atom. The molecule has 0 amide bonds. The SMILES string of the molecule is [U+2].[c-]1ccccc1-c1[c-]c(-c2cccc(-c3ccc4[nH]c5nc6cc(-c7cccc(-c8cccc9c8oc8ccccc89)c7)ccc6nc5c4c3)c2)ccc1. The van der Waals surface area contributed by atoms with Gasteiger partial charge in [0.15, 0.2) is 5.65 Å². The molecule has 0 aliphatic carbocycles. The van der Waals surface area contributed by atoms with Gasteiger partial charge in [0.1, 0.15) is 16.7 Å². The van der Waals surface area contributed by atoms with E-state index < -0.39 is 0 Å². The van der Waals surface area contributed by atoms with Crippen LogP contribution in [0.1, 0.15) is 0 Å². The summed E-state index contributed by atoms with van der Waals surface area (Å²) in [7, 11) is 0. The summed E-state index contributed by atoms with van der Waals surface area (Å²) in [5.74, 6) is 0. The van der Waals surface area contributed by atoms with E-state index in [2.05, 4.69) is 157 Å². The molecule has 5 heteroatoms. The van der Waals surface area contributed by atoms with Gasteiger partial charge in [-0.1, -0.05) is 96.6 Å². The minimum atomic E-state index is 0. The number of rotatable bonds is 5. The summed E-state index contributed by atoms with van der Waals surface area (Å²) in [5, 5.41) is 3.30. The molecule has 0 saturated heterocycles. The van der Waals surface area contributed by atoms with Gasteiger partial charge in [-0.2, -0.15) is 42.0 Å². The zero-order valence-electron chi connectivity index (χ0n) is 29.5. The Bertz CT molecular complexity index is 3230. The van der Waals surface area contributed by atoms with E-state index in [1.54, 1.807) is 0 Å². The van der Waals surface area contributed by atoms with Gasteiger partial charge in [0, 0.05) is 27.2 Å². The van der Waals surface area contributed by atoms with Crippen molar-refractivity contribution in [3.8, 4) is 55.6 Å². The summed E-state index contributed by atoms with van der Waals surface area (Å²) < 4.78 is 6.36. The molecule has 0 bridgehead atoms. The molecule has 3 aromatic heterocycles. The van der Waals surface area contributed by atoms with Gasteiger partial charge in [-0.15, -0.1) is 23.8 Å². The molecular weight excluding hydrogens is 897 g/mol. The molecule has 254 valence electrons. The maximum Gasteiger partial charge on any atom is 2.00 e. The molecule has 0 fully saturated rings. The van der Waals surface area contributed by atoms with Crippen molar-refractivity contribution in [2.24, 2.45) is 0 Å². The van der Waals surface area contributed by atoms with Gasteiger partial charge in [0.25, 0.3) is 0 Å². The number of para-hydroxylation sites is 2. The number of hydrogen-bond donors (Lipinski definition) is 1. The van der Waals surface area contributed by atoms with Crippen molar-refractivity contribution in [3.63, 3.8) is 0 Å². The van der Waals surface area contributed by atoms with E-state index >= 15 is 0 Å². The second-order valence-corrected chi connectivity index (χ2v) is 13.7. The number of H-pyrrole nitrogens is 1. The van der Waals surface area contributed by atoms with Crippen LogP contribution < -0.4 is 0 Å². The fourth-order valence-electron chi connectivity index (χ4n) is 7.73. The fraction of sp³-hybridized carbons (Fsp3) is 0. The fourth-order valence-corrected chi connectivity index (χ4v) is 7.73. The van der Waals surface area contributed by atoms with Gasteiger partial charge in [0.05, 0.1) is 11.0 Å². The molecule has 0 unspecified atom stereocenters. The van der Waals surface area contributed by atoms with Crippen molar-refractivity contribution < 1.29 is 35.5 Å². The van der Waals surface area contributed by atoms with Gasteiger partial charge in [-0.05, 0) is 64.2 Å². The molecule has 0 saturated carbocycles. The quantitative estimate of drug-likeness (QED) is 0.175. The molecule has 11 rings (SSSR count). The summed E-state index contributed by atoms with van der Waals surface area (Å²) in [6, 6.07) is 65.9. The molecule has 1 N–H and O–H groups in total. The van der Waals surface area contributed by atoms with E-state index in [0.717, 1.165) is 111 Å². The van der Waals surface area contributed by atoms with Crippen LogP contribution in [-0.4, -0.2) is 15.0 Å². The molecule has 0 spiro atoms. The van der Waals surface area contributed by atoms with Crippen LogP contribution in [0, 0.1) is 43.2 Å². The average molecular weight is 926 g/mol. The van der Waals surface area contributed by atoms with E-state index in [9.17, 15) is 0 Å². The van der Waals surface area contributed by atoms with Crippen molar-refractivity contribution in [1.29, 1.82) is 0 Å². The van der Waals surface area contributed by atoms with Crippen LogP contribution in [0.25, 0.3) is 111 Å². The van der Waals surface area contributed by atoms with E-state index in [0.29, 0.717) is 0 Å². The summed E-state index contributed by atoms with van der Waals surface area (Å²) in [5.41, 5.74) is 17.0. The first kappa shape index (κ1) is 33.3. The van der Waals surface area contributed by atoms with Gasteiger partial charge in [0.2, 0.25) is 0 Å². The standard InChI is InChI=1S/C50H29N3O.U/c1-2-10-31(11-3-1)32-12-6-13-33(26-32)34-14-7-15-35(27-34)37-22-24-44-43(29-37)48-50(52-44)53-46-30-38(23-25-45(46)51-48)36-16-8-17-39(28-36)40-19-9-20-42-41-18-4-5-21-47(41)54-49(40)42;/h1-10,12-25,27-30H,(H,52,53);/q-2;+2. The number of benzene rings is 8. The smallest absolute Gasteiger partial charge is 0.455 e. The molecule has 0 aliphatic heterocycles. The third kappa shape index (κ3) is 5.85. The van der Waals surface area contributed by atoms with Crippen LogP contribution in [0.3, 0.4) is 0 Å². The number of furan rings is 1. The van der Waals surface area contributed by atoms with Gasteiger partial charge < -0.3 is 9.40 Å². The molecule has 0 atom stereocenters. The Hall–Kier alpha value is -6.25. The van der Waals surface area contributed by atoms with Crippen molar-refractivity contribution in [1.82, 2.24) is 15.0 Å². The Morgan fingerprint density at radius 3 is 2.05 bits per heavy atom. The number of fused-ring (bicyclic) bond motifs is 7. The van der Waals surface area contributed by atoms with Gasteiger partial charge in [-0.3, -0.25) is 0 Å². The number of nitrogens with one attached hydrogen (secondary N) is 1. The third-order valence-electron chi connectivity index (χ3n) is 10.4. The van der Waals surface area contributed by atoms with Gasteiger partial charge in [-0.25, -0.2) is 15.5 Å². The summed E-state index contributed by atoms with van der Waals surface area (Å²) in [4.78, 5) is 13.8. The predicted octanol–water partition coefficient (Wildman–Crippen LogP) is 13.1. The Balaban J connectivity index is 0.00000372. The first-order chi connectivity index (χ1) is 26.7. The van der Waals surface area contributed by atoms with Crippen molar-refractivity contribution >= 4 is 55.0 Å². The maximum absolute atomic E-state index is 6.36. The third-order valence-corrected chi connectivity index (χ3v) is 10.4. The van der Waals surface area contributed by atoms with E-state index in [4.69, 9.17) is 14.4 Å². The second kappa shape index (κ2) is 13.6. The van der Waals surface area contributed by atoms with Crippen molar-refractivity contribution in [2.75, 3.05) is 0 Å². The molecule has 0 radical (unpaired) electrons. The zero-order chi connectivity index (χ0) is 35.6. The van der Waals surface area contributed by atoms with Crippen LogP contribution in [0.2, 0.25) is 0 Å². The van der Waals surface area contributed by atoms with Crippen LogP contribution >= 0.6 is 0 Å². The maximum atomic E-state index is 6.36. The first-order valence-electron chi connectivity index (χ1n) is 18.1. The molecule has 4 nitrogen and oxygen atoms in total. The average Bonchev–Trinajstić information content (AvgIpc) is 3.80. The molecule has 11 aromatic rings. The van der Waals surface area contributed by atoms with Crippen LogP contribution in [0.4, 0.5) is 0 Å². The number of hydrogen-bond acceptors (Lipinski definition) is 3. The minimum absolute atomic E-state index is 0. The molecule has 8 aromatic carbocycles. The largest absolute Gasteiger partial charge is 2.00 e. The van der Waals surface area contributed by atoms with E-state index in [-0.39, 0.29) is 31.1 Å². The Labute approximate surface area is 340 Å². The molecule has 0 aliphatic rings. The summed E-state index contributed by atoms with van der Waals surface area (Å²) in [6.45, 7) is 0. The normalized spacial score (nSPS) is 11.5. The Kier molecular flexibility index (Phi) is 8.21. The second-order valence-electron chi connectivity index (χ2n) is 13.7. The first-order valence-corrected chi connectivity index (χ1v) is 18.1. The molecular formula is C50H29N3OU. The number of aromatic nitrogens is 3. The molecule has 55 heavy (non-hydrogen) atoms. The van der Waals surface area contributed by atoms with Crippen LogP contribution in [0.15, 0.2) is 174 Å². The van der Waals surface area contributed by atoms with Gasteiger partial charge >= 0.3 is 31.1 Å². The number of aromatic amines is 1. The molecule has 3 heterocycles. The predicted molar refractivity (Wildman–Crippen MR) is 221 cm³/mol. The summed E-state index contributed by atoms with van der Waals surface area (Å²) >= 11 is 0. The topological polar surface area (TPSA) is 54.7 Å². The number of nitrogens with zero attached hydrogens (tertiary/aromatic N) is 2. The monoisotopic (exact) mass is 925 g/mol. The van der Waals surface area contributed by atoms with Crippen LogP contribution in [-0.2, 0) is 0 Å². The van der Waals surface area contributed by atoms with E-state index in [1.807, 2.05) is 30.3 Å². The van der Waals surface area contributed by atoms with E-state index in [1.165, 1.54) is 0 Å².